The number of urea groups is 1. The minimum atomic E-state index is -0.505. The van der Waals surface area contributed by atoms with Crippen LogP contribution in [-0.4, -0.2) is 43.0 Å². The highest BCUT2D eigenvalue weighted by Gasteiger charge is 2.27. The van der Waals surface area contributed by atoms with Crippen LogP contribution in [0.4, 0.5) is 20.6 Å². The summed E-state index contributed by atoms with van der Waals surface area (Å²) in [6, 6.07) is 4.12. The van der Waals surface area contributed by atoms with Gasteiger partial charge in [-0.2, -0.15) is 0 Å². The number of benzene rings is 1. The third-order valence-corrected chi connectivity index (χ3v) is 4.73. The number of carbonyl (C=O) groups excluding carboxylic acids is 2. The number of piperidine rings is 1. The van der Waals surface area contributed by atoms with E-state index in [1.54, 1.807) is 6.07 Å². The minimum Gasteiger partial charge on any atom is -0.371 e. The van der Waals surface area contributed by atoms with Crippen molar-refractivity contribution in [2.75, 3.05) is 36.4 Å². The zero-order valence-corrected chi connectivity index (χ0v) is 13.6. The number of nitrogens with one attached hydrogen (secondary N) is 1. The molecule has 2 aliphatic rings. The molecule has 0 aromatic heterocycles. The molecular weight excluding hydrogens is 311 g/mol. The number of amides is 3. The SMILES string of the molecule is NC(=O)N1CCCC(C(=O)Nc2cc(F)cc(N3CCCC3)c2)C1. The van der Waals surface area contributed by atoms with Crippen LogP contribution in [0.2, 0.25) is 0 Å². The zero-order chi connectivity index (χ0) is 17.1. The van der Waals surface area contributed by atoms with Gasteiger partial charge in [0.2, 0.25) is 5.91 Å². The van der Waals surface area contributed by atoms with E-state index >= 15 is 0 Å². The van der Waals surface area contributed by atoms with Gasteiger partial charge in [0.1, 0.15) is 5.82 Å². The van der Waals surface area contributed by atoms with E-state index in [1.165, 1.54) is 17.0 Å². The normalized spacial score (nSPS) is 21.0. The van der Waals surface area contributed by atoms with Crippen molar-refractivity contribution in [1.82, 2.24) is 4.90 Å². The lowest BCUT2D eigenvalue weighted by molar-refractivity contribution is -0.121. The van der Waals surface area contributed by atoms with E-state index in [1.807, 2.05) is 0 Å². The van der Waals surface area contributed by atoms with E-state index in [2.05, 4.69) is 10.2 Å². The van der Waals surface area contributed by atoms with E-state index in [-0.39, 0.29) is 17.6 Å². The van der Waals surface area contributed by atoms with E-state index in [0.29, 0.717) is 25.2 Å². The number of nitrogens with two attached hydrogens (primary N) is 1. The van der Waals surface area contributed by atoms with Gasteiger partial charge < -0.3 is 20.9 Å². The lowest BCUT2D eigenvalue weighted by Crippen LogP contribution is -2.46. The largest absolute Gasteiger partial charge is 0.371 e. The van der Waals surface area contributed by atoms with Crippen molar-refractivity contribution in [3.63, 3.8) is 0 Å². The lowest BCUT2D eigenvalue weighted by Gasteiger charge is -2.30. The Kier molecular flexibility index (Phi) is 4.87. The number of primary amides is 1. The zero-order valence-electron chi connectivity index (χ0n) is 13.6. The van der Waals surface area contributed by atoms with Crippen molar-refractivity contribution in [3.8, 4) is 0 Å². The Morgan fingerprint density at radius 1 is 1.12 bits per heavy atom. The molecule has 0 saturated carbocycles. The molecule has 0 aliphatic carbocycles. The molecule has 0 bridgehead atoms. The maximum Gasteiger partial charge on any atom is 0.314 e. The molecule has 1 aromatic carbocycles. The molecule has 1 atom stereocenters. The summed E-state index contributed by atoms with van der Waals surface area (Å²) in [6.07, 6.45) is 3.64. The van der Waals surface area contributed by atoms with E-state index < -0.39 is 6.03 Å². The molecule has 130 valence electrons. The van der Waals surface area contributed by atoms with Gasteiger partial charge in [-0.05, 0) is 43.9 Å². The first kappa shape index (κ1) is 16.5. The van der Waals surface area contributed by atoms with Gasteiger partial charge in [0.05, 0.1) is 5.92 Å². The van der Waals surface area contributed by atoms with Gasteiger partial charge in [0, 0.05) is 37.6 Å². The molecule has 2 fully saturated rings. The Morgan fingerprint density at radius 3 is 2.58 bits per heavy atom. The molecule has 3 N–H and O–H groups in total. The highest BCUT2D eigenvalue weighted by Crippen LogP contribution is 2.26. The summed E-state index contributed by atoms with van der Waals surface area (Å²) in [5.74, 6) is -0.874. The van der Waals surface area contributed by atoms with E-state index in [4.69, 9.17) is 5.73 Å². The third-order valence-electron chi connectivity index (χ3n) is 4.73. The summed E-state index contributed by atoms with van der Waals surface area (Å²) in [4.78, 5) is 27.3. The number of hydrogen-bond donors (Lipinski definition) is 2. The fraction of sp³-hybridized carbons (Fsp3) is 0.529. The standard InChI is InChI=1S/C17H23FN4O2/c18-13-8-14(10-15(9-13)21-5-1-2-6-21)20-16(23)12-4-3-7-22(11-12)17(19)24/h8-10,12H,1-7,11H2,(H2,19,24)(H,20,23). The molecule has 2 saturated heterocycles. The van der Waals surface area contributed by atoms with Crippen LogP contribution in [0, 0.1) is 11.7 Å². The first-order chi connectivity index (χ1) is 11.5. The highest BCUT2D eigenvalue weighted by atomic mass is 19.1. The van der Waals surface area contributed by atoms with Gasteiger partial charge in [-0.3, -0.25) is 4.79 Å². The number of likely N-dealkylation sites (tertiary alicyclic amines) is 1. The molecule has 2 heterocycles. The number of nitrogens with zero attached hydrogens (tertiary/aromatic N) is 2. The van der Waals surface area contributed by atoms with Crippen molar-refractivity contribution in [3.05, 3.63) is 24.0 Å². The van der Waals surface area contributed by atoms with Crippen molar-refractivity contribution in [2.45, 2.75) is 25.7 Å². The number of halogens is 1. The first-order valence-corrected chi connectivity index (χ1v) is 8.44. The molecule has 1 aromatic rings. The maximum absolute atomic E-state index is 13.9. The molecule has 24 heavy (non-hydrogen) atoms. The first-order valence-electron chi connectivity index (χ1n) is 8.44. The minimum absolute atomic E-state index is 0.195. The Labute approximate surface area is 140 Å². The molecule has 6 nitrogen and oxygen atoms in total. The Hall–Kier alpha value is -2.31. The second-order valence-electron chi connectivity index (χ2n) is 6.50. The summed E-state index contributed by atoms with van der Waals surface area (Å²) in [5, 5.41) is 2.79. The average molecular weight is 334 g/mol. The van der Waals surface area contributed by atoms with Gasteiger partial charge in [-0.1, -0.05) is 0 Å². The van der Waals surface area contributed by atoms with E-state index in [0.717, 1.165) is 38.0 Å². The Morgan fingerprint density at radius 2 is 1.88 bits per heavy atom. The van der Waals surface area contributed by atoms with Crippen LogP contribution < -0.4 is 16.0 Å². The Bertz CT molecular complexity index is 631. The molecule has 3 rings (SSSR count). The molecule has 2 aliphatic heterocycles. The number of rotatable bonds is 3. The van der Waals surface area contributed by atoms with E-state index in [9.17, 15) is 14.0 Å². The monoisotopic (exact) mass is 334 g/mol. The second-order valence-corrected chi connectivity index (χ2v) is 6.50. The second kappa shape index (κ2) is 7.07. The van der Waals surface area contributed by atoms with Gasteiger partial charge in [0.15, 0.2) is 0 Å². The predicted octanol–water partition coefficient (Wildman–Crippen LogP) is 2.16. The number of anilines is 2. The number of carbonyl (C=O) groups is 2. The maximum atomic E-state index is 13.9. The third kappa shape index (κ3) is 3.77. The van der Waals surface area contributed by atoms with Gasteiger partial charge in [0.25, 0.3) is 0 Å². The average Bonchev–Trinajstić information content (AvgIpc) is 3.09. The highest BCUT2D eigenvalue weighted by molar-refractivity contribution is 5.93. The quantitative estimate of drug-likeness (QED) is 0.889. The molecular formula is C17H23FN4O2. The van der Waals surface area contributed by atoms with Crippen LogP contribution in [0.3, 0.4) is 0 Å². The van der Waals surface area contributed by atoms with Crippen LogP contribution in [0.1, 0.15) is 25.7 Å². The van der Waals surface area contributed by atoms with Crippen molar-refractivity contribution >= 4 is 23.3 Å². The summed E-state index contributed by atoms with van der Waals surface area (Å²) >= 11 is 0. The van der Waals surface area contributed by atoms with Crippen LogP contribution in [-0.2, 0) is 4.79 Å². The summed E-state index contributed by atoms with van der Waals surface area (Å²) in [5.41, 5.74) is 6.54. The van der Waals surface area contributed by atoms with Crippen LogP contribution in [0.25, 0.3) is 0 Å². The Balaban J connectivity index is 1.68. The smallest absolute Gasteiger partial charge is 0.314 e. The molecule has 0 spiro atoms. The lowest BCUT2D eigenvalue weighted by atomic mass is 9.97. The van der Waals surface area contributed by atoms with Gasteiger partial charge >= 0.3 is 6.03 Å². The summed E-state index contributed by atoms with van der Waals surface area (Å²) in [7, 11) is 0. The molecule has 1 unspecified atom stereocenters. The van der Waals surface area contributed by atoms with Crippen molar-refractivity contribution < 1.29 is 14.0 Å². The predicted molar refractivity (Wildman–Crippen MR) is 90.4 cm³/mol. The topological polar surface area (TPSA) is 78.7 Å². The van der Waals surface area contributed by atoms with Crippen molar-refractivity contribution in [1.29, 1.82) is 0 Å². The fourth-order valence-corrected chi connectivity index (χ4v) is 3.44. The summed E-state index contributed by atoms with van der Waals surface area (Å²) < 4.78 is 13.9. The van der Waals surface area contributed by atoms with Gasteiger partial charge in [-0.15, -0.1) is 0 Å². The molecule has 0 radical (unpaired) electrons. The summed E-state index contributed by atoms with van der Waals surface area (Å²) in [6.45, 7) is 2.72. The fourth-order valence-electron chi connectivity index (χ4n) is 3.44. The van der Waals surface area contributed by atoms with Gasteiger partial charge in [-0.25, -0.2) is 9.18 Å². The molecule has 7 heteroatoms. The molecule has 3 amide bonds. The van der Waals surface area contributed by atoms with Crippen LogP contribution in [0.5, 0.6) is 0 Å². The van der Waals surface area contributed by atoms with Crippen LogP contribution >= 0.6 is 0 Å². The van der Waals surface area contributed by atoms with Crippen molar-refractivity contribution in [2.24, 2.45) is 11.7 Å². The number of hydrogen-bond acceptors (Lipinski definition) is 3. The van der Waals surface area contributed by atoms with Crippen LogP contribution in [0.15, 0.2) is 18.2 Å².